The zero-order valence-corrected chi connectivity index (χ0v) is 24.1. The number of rotatable bonds is 15. The minimum Gasteiger partial charge on any atom is -0.497 e. The van der Waals surface area contributed by atoms with E-state index in [0.717, 1.165) is 76.0 Å². The van der Waals surface area contributed by atoms with E-state index in [-0.39, 0.29) is 18.2 Å². The fourth-order valence-electron chi connectivity index (χ4n) is 6.25. The number of hydrogen-bond acceptors (Lipinski definition) is 7. The van der Waals surface area contributed by atoms with Crippen LogP contribution in [-0.4, -0.2) is 68.9 Å². The Bertz CT molecular complexity index is 982. The SMILES string of the molecule is C=CC=NC1N[C@H](C2=CC=C(OCCN3CCCC3)CC2)C[C@@H]1CCC[C@@H](C#N)/C(=C\C=C)OC1CCOCC1. The van der Waals surface area contributed by atoms with Crippen LogP contribution in [0.25, 0.3) is 0 Å². The molecule has 3 aliphatic heterocycles. The molecular weight excluding hydrogens is 500 g/mol. The molecule has 4 rings (SSSR count). The van der Waals surface area contributed by atoms with Crippen molar-refractivity contribution in [3.8, 4) is 6.07 Å². The van der Waals surface area contributed by atoms with Crippen LogP contribution in [0.4, 0.5) is 0 Å². The first-order valence-electron chi connectivity index (χ1n) is 15.3. The Morgan fingerprint density at radius 3 is 2.73 bits per heavy atom. The Kier molecular flexibility index (Phi) is 12.6. The van der Waals surface area contributed by atoms with Gasteiger partial charge in [-0.1, -0.05) is 43.4 Å². The summed E-state index contributed by atoms with van der Waals surface area (Å²) in [4.78, 5) is 7.26. The van der Waals surface area contributed by atoms with Crippen molar-refractivity contribution in [3.63, 3.8) is 0 Å². The lowest BCUT2D eigenvalue weighted by atomic mass is 9.89. The Morgan fingerprint density at radius 2 is 2.02 bits per heavy atom. The zero-order chi connectivity index (χ0) is 28.0. The molecule has 40 heavy (non-hydrogen) atoms. The number of aliphatic imine (C=N–C) groups is 1. The third-order valence-corrected chi connectivity index (χ3v) is 8.51. The molecule has 0 amide bonds. The van der Waals surface area contributed by atoms with Crippen molar-refractivity contribution in [2.24, 2.45) is 16.8 Å². The van der Waals surface area contributed by atoms with E-state index in [1.54, 1.807) is 18.4 Å². The van der Waals surface area contributed by atoms with Gasteiger partial charge in [-0.3, -0.25) is 15.2 Å². The molecule has 7 nitrogen and oxygen atoms in total. The maximum absolute atomic E-state index is 9.95. The summed E-state index contributed by atoms with van der Waals surface area (Å²) in [6.07, 6.45) is 21.9. The molecular formula is C33H48N4O3. The molecule has 0 aromatic heterocycles. The van der Waals surface area contributed by atoms with E-state index < -0.39 is 0 Å². The topological polar surface area (TPSA) is 79.1 Å². The standard InChI is InChI=1S/C33H48N4O3/c1-3-8-32(40-30-15-21-38-22-16-30)28(25-34)10-7-9-27-24-31(36-33(27)35-17-4-2)26-11-13-29(14-12-26)39-23-20-37-18-5-6-19-37/h3-4,8,11,13,17,27-28,30-31,33,36H,1-2,5-7,9-10,12,14-16,18-24H2/b32-8+,35-17?/t27-,28-,31-,33?/m0/s1. The Hall–Kier alpha value is -2.66. The molecule has 0 bridgehead atoms. The summed E-state index contributed by atoms with van der Waals surface area (Å²) in [6.45, 7) is 13.3. The fourth-order valence-corrected chi connectivity index (χ4v) is 6.25. The lowest BCUT2D eigenvalue weighted by Gasteiger charge is -2.26. The normalized spacial score (nSPS) is 27.2. The summed E-state index contributed by atoms with van der Waals surface area (Å²) in [7, 11) is 0. The molecule has 1 aliphatic carbocycles. The van der Waals surface area contributed by atoms with Crippen LogP contribution >= 0.6 is 0 Å². The second kappa shape index (κ2) is 16.6. The minimum atomic E-state index is -0.267. The summed E-state index contributed by atoms with van der Waals surface area (Å²) in [5.74, 6) is 1.99. The highest BCUT2D eigenvalue weighted by Gasteiger charge is 2.35. The smallest absolute Gasteiger partial charge is 0.113 e. The highest BCUT2D eigenvalue weighted by atomic mass is 16.5. The van der Waals surface area contributed by atoms with Crippen molar-refractivity contribution in [1.82, 2.24) is 10.2 Å². The fraction of sp³-hybridized carbons (Fsp3) is 0.636. The van der Waals surface area contributed by atoms with Gasteiger partial charge in [0.2, 0.25) is 0 Å². The number of hydrogen-bond donors (Lipinski definition) is 1. The molecule has 1 N–H and O–H groups in total. The summed E-state index contributed by atoms with van der Waals surface area (Å²) in [6, 6.07) is 2.80. The predicted octanol–water partition coefficient (Wildman–Crippen LogP) is 5.84. The van der Waals surface area contributed by atoms with E-state index in [0.29, 0.717) is 25.2 Å². The summed E-state index contributed by atoms with van der Waals surface area (Å²) in [5.41, 5.74) is 1.43. The average molecular weight is 549 g/mol. The van der Waals surface area contributed by atoms with Crippen LogP contribution in [0.3, 0.4) is 0 Å². The van der Waals surface area contributed by atoms with Crippen LogP contribution in [-0.2, 0) is 14.2 Å². The second-order valence-electron chi connectivity index (χ2n) is 11.3. The predicted molar refractivity (Wildman–Crippen MR) is 161 cm³/mol. The first-order chi connectivity index (χ1) is 19.7. The van der Waals surface area contributed by atoms with Crippen molar-refractivity contribution < 1.29 is 14.2 Å². The Labute approximate surface area is 241 Å². The molecule has 0 aromatic carbocycles. The van der Waals surface area contributed by atoms with Gasteiger partial charge >= 0.3 is 0 Å². The molecule has 4 aliphatic rings. The van der Waals surface area contributed by atoms with Gasteiger partial charge in [0.15, 0.2) is 0 Å². The van der Waals surface area contributed by atoms with E-state index in [2.05, 4.69) is 41.6 Å². The molecule has 4 atom stereocenters. The zero-order valence-electron chi connectivity index (χ0n) is 24.1. The third kappa shape index (κ3) is 9.19. The van der Waals surface area contributed by atoms with Crippen LogP contribution in [0.5, 0.6) is 0 Å². The molecule has 218 valence electrons. The van der Waals surface area contributed by atoms with Crippen molar-refractivity contribution >= 4 is 6.21 Å². The number of nitriles is 1. The van der Waals surface area contributed by atoms with E-state index in [1.165, 1.54) is 31.5 Å². The Balaban J connectivity index is 1.28. The van der Waals surface area contributed by atoms with Gasteiger partial charge in [-0.15, -0.1) is 0 Å². The maximum atomic E-state index is 9.95. The van der Waals surface area contributed by atoms with Crippen LogP contribution in [0, 0.1) is 23.2 Å². The molecule has 3 heterocycles. The molecule has 3 fully saturated rings. The molecule has 1 unspecified atom stereocenters. The van der Waals surface area contributed by atoms with Crippen LogP contribution in [0.15, 0.2) is 65.6 Å². The average Bonchev–Trinajstić information content (AvgIpc) is 3.65. The van der Waals surface area contributed by atoms with Crippen LogP contribution in [0.2, 0.25) is 0 Å². The third-order valence-electron chi connectivity index (χ3n) is 8.51. The van der Waals surface area contributed by atoms with Gasteiger partial charge < -0.3 is 14.2 Å². The summed E-state index contributed by atoms with van der Waals surface area (Å²) in [5, 5.41) is 13.7. The summed E-state index contributed by atoms with van der Waals surface area (Å²) < 4.78 is 17.8. The van der Waals surface area contributed by atoms with Gasteiger partial charge in [0.05, 0.1) is 25.0 Å². The van der Waals surface area contributed by atoms with Crippen molar-refractivity contribution in [1.29, 1.82) is 5.26 Å². The van der Waals surface area contributed by atoms with Gasteiger partial charge in [0.1, 0.15) is 30.6 Å². The summed E-state index contributed by atoms with van der Waals surface area (Å²) >= 11 is 0. The van der Waals surface area contributed by atoms with E-state index in [9.17, 15) is 5.26 Å². The Morgan fingerprint density at radius 1 is 1.20 bits per heavy atom. The van der Waals surface area contributed by atoms with Gasteiger partial charge in [-0.05, 0) is 69.7 Å². The molecule has 7 heteroatoms. The lowest BCUT2D eigenvalue weighted by Crippen LogP contribution is -2.31. The lowest BCUT2D eigenvalue weighted by molar-refractivity contribution is -0.00957. The van der Waals surface area contributed by atoms with Crippen LogP contribution in [0.1, 0.15) is 64.2 Å². The quantitative estimate of drug-likeness (QED) is 0.157. The van der Waals surface area contributed by atoms with E-state index in [4.69, 9.17) is 19.2 Å². The largest absolute Gasteiger partial charge is 0.497 e. The number of ether oxygens (including phenoxy) is 3. The number of likely N-dealkylation sites (tertiary alicyclic amines) is 1. The highest BCUT2D eigenvalue weighted by Crippen LogP contribution is 2.34. The molecule has 0 saturated carbocycles. The van der Waals surface area contributed by atoms with Gasteiger partial charge in [-0.25, -0.2) is 0 Å². The van der Waals surface area contributed by atoms with Crippen LogP contribution < -0.4 is 5.32 Å². The minimum absolute atomic E-state index is 0.0631. The highest BCUT2D eigenvalue weighted by molar-refractivity contribution is 5.70. The van der Waals surface area contributed by atoms with Crippen molar-refractivity contribution in [2.75, 3.05) is 39.5 Å². The van der Waals surface area contributed by atoms with Crippen molar-refractivity contribution in [3.05, 3.63) is 60.6 Å². The van der Waals surface area contributed by atoms with Gasteiger partial charge in [0, 0.05) is 38.1 Å². The van der Waals surface area contributed by atoms with E-state index in [1.807, 2.05) is 6.08 Å². The maximum Gasteiger partial charge on any atom is 0.113 e. The van der Waals surface area contributed by atoms with Gasteiger partial charge in [-0.2, -0.15) is 5.26 Å². The number of allylic oxidation sites excluding steroid dienone is 7. The number of nitrogens with one attached hydrogen (secondary N) is 1. The first-order valence-corrected chi connectivity index (χ1v) is 15.3. The molecule has 0 aromatic rings. The number of nitrogens with zero attached hydrogens (tertiary/aromatic N) is 3. The molecule has 3 saturated heterocycles. The second-order valence-corrected chi connectivity index (χ2v) is 11.3. The first kappa shape index (κ1) is 30.3. The molecule has 0 radical (unpaired) electrons. The van der Waals surface area contributed by atoms with Crippen molar-refractivity contribution in [2.45, 2.75) is 82.5 Å². The van der Waals surface area contributed by atoms with Gasteiger partial charge in [0.25, 0.3) is 0 Å². The molecule has 0 spiro atoms. The monoisotopic (exact) mass is 548 g/mol. The van der Waals surface area contributed by atoms with E-state index >= 15 is 0 Å².